The van der Waals surface area contributed by atoms with Crippen LogP contribution < -0.4 is 14.4 Å². The number of pyridine rings is 1. The van der Waals surface area contributed by atoms with E-state index in [4.69, 9.17) is 29.8 Å². The summed E-state index contributed by atoms with van der Waals surface area (Å²) in [5.74, 6) is 2.01. The van der Waals surface area contributed by atoms with Crippen molar-refractivity contribution >= 4 is 22.7 Å². The molecule has 4 heterocycles. The number of fused-ring (bicyclic) bond motifs is 1. The molecule has 0 amide bonds. The fraction of sp³-hybridized carbons (Fsp3) is 0.171. The van der Waals surface area contributed by atoms with Crippen molar-refractivity contribution in [2.75, 3.05) is 19.1 Å². The van der Waals surface area contributed by atoms with Crippen LogP contribution in [0, 0.1) is 5.92 Å². The lowest BCUT2D eigenvalue weighted by molar-refractivity contribution is 0.287. The Morgan fingerprint density at radius 1 is 0.827 bits per heavy atom. The molecule has 7 aromatic rings. The van der Waals surface area contributed by atoms with Crippen LogP contribution in [0.4, 0.5) is 11.5 Å². The van der Waals surface area contributed by atoms with E-state index >= 15 is 0 Å². The molecule has 258 valence electrons. The SMILES string of the molecule is COc1cc(OC)cc(N(Cc2cn(C(c3ccccc3)(c3ccccc3)C3C=CC=CC3)nn2)c2ccc3ncc(-c4cnn(C)c4)nc3n2)c1. The van der Waals surface area contributed by atoms with Gasteiger partial charge < -0.3 is 14.4 Å². The number of aromatic nitrogens is 8. The van der Waals surface area contributed by atoms with E-state index in [0.29, 0.717) is 40.7 Å². The predicted octanol–water partition coefficient (Wildman–Crippen LogP) is 7.30. The van der Waals surface area contributed by atoms with E-state index in [1.165, 1.54) is 0 Å². The number of aryl methyl sites for hydroxylation is 1. The van der Waals surface area contributed by atoms with Gasteiger partial charge in [-0.25, -0.2) is 14.6 Å². The summed E-state index contributed by atoms with van der Waals surface area (Å²) in [4.78, 5) is 16.6. The van der Waals surface area contributed by atoms with Crippen LogP contribution in [0.25, 0.3) is 22.4 Å². The van der Waals surface area contributed by atoms with Crippen LogP contribution in [0.3, 0.4) is 0 Å². The highest BCUT2D eigenvalue weighted by atomic mass is 16.5. The lowest BCUT2D eigenvalue weighted by Gasteiger charge is -2.41. The zero-order valence-electron chi connectivity index (χ0n) is 29.1. The van der Waals surface area contributed by atoms with Crippen LogP contribution in [-0.2, 0) is 19.1 Å². The Labute approximate surface area is 301 Å². The van der Waals surface area contributed by atoms with Gasteiger partial charge in [0.2, 0.25) is 0 Å². The number of nitrogens with zero attached hydrogens (tertiary/aromatic N) is 9. The molecule has 0 saturated carbocycles. The topological polar surface area (TPSA) is 109 Å². The van der Waals surface area contributed by atoms with Crippen molar-refractivity contribution in [3.05, 3.63) is 157 Å². The molecule has 1 aliphatic carbocycles. The normalized spacial score (nSPS) is 14.1. The molecule has 1 unspecified atom stereocenters. The van der Waals surface area contributed by atoms with Gasteiger partial charge in [0, 0.05) is 42.9 Å². The fourth-order valence-corrected chi connectivity index (χ4v) is 6.99. The van der Waals surface area contributed by atoms with Crippen molar-refractivity contribution in [3.8, 4) is 22.8 Å². The molecule has 0 spiro atoms. The highest BCUT2D eigenvalue weighted by Gasteiger charge is 2.44. The Kier molecular flexibility index (Phi) is 8.74. The van der Waals surface area contributed by atoms with Gasteiger partial charge in [0.1, 0.15) is 34.1 Å². The van der Waals surface area contributed by atoms with Crippen molar-refractivity contribution in [2.45, 2.75) is 18.5 Å². The van der Waals surface area contributed by atoms with E-state index in [-0.39, 0.29) is 5.92 Å². The summed E-state index contributed by atoms with van der Waals surface area (Å²) in [6.07, 6.45) is 17.0. The molecule has 0 radical (unpaired) electrons. The van der Waals surface area contributed by atoms with Crippen LogP contribution in [0.5, 0.6) is 11.5 Å². The highest BCUT2D eigenvalue weighted by Crippen LogP contribution is 2.44. The van der Waals surface area contributed by atoms with E-state index in [1.807, 2.05) is 60.4 Å². The third-order valence-corrected chi connectivity index (χ3v) is 9.48. The van der Waals surface area contributed by atoms with E-state index < -0.39 is 5.54 Å². The quantitative estimate of drug-likeness (QED) is 0.138. The Hall–Kier alpha value is -6.62. The summed E-state index contributed by atoms with van der Waals surface area (Å²) in [6.45, 7) is 0.338. The third-order valence-electron chi connectivity index (χ3n) is 9.48. The van der Waals surface area contributed by atoms with Gasteiger partial charge in [-0.1, -0.05) is 90.2 Å². The Balaban J connectivity index is 1.26. The highest BCUT2D eigenvalue weighted by molar-refractivity contribution is 5.77. The van der Waals surface area contributed by atoms with Crippen LogP contribution in [0.15, 0.2) is 140 Å². The van der Waals surface area contributed by atoms with Gasteiger partial charge in [-0.2, -0.15) is 5.10 Å². The number of hydrogen-bond donors (Lipinski definition) is 0. The van der Waals surface area contributed by atoms with Crippen LogP contribution >= 0.6 is 0 Å². The molecule has 0 aliphatic heterocycles. The van der Waals surface area contributed by atoms with Crippen molar-refractivity contribution in [2.24, 2.45) is 13.0 Å². The molecule has 11 nitrogen and oxygen atoms in total. The maximum Gasteiger partial charge on any atom is 0.180 e. The molecule has 4 aromatic heterocycles. The van der Waals surface area contributed by atoms with Gasteiger partial charge >= 0.3 is 0 Å². The van der Waals surface area contributed by atoms with Crippen LogP contribution in [0.2, 0.25) is 0 Å². The van der Waals surface area contributed by atoms with Gasteiger partial charge in [0.05, 0.1) is 50.7 Å². The first-order valence-corrected chi connectivity index (χ1v) is 17.0. The number of ether oxygens (including phenoxy) is 2. The number of methoxy groups -OCH3 is 2. The van der Waals surface area contributed by atoms with E-state index in [9.17, 15) is 0 Å². The van der Waals surface area contributed by atoms with Crippen molar-refractivity contribution in [1.29, 1.82) is 0 Å². The second-order valence-electron chi connectivity index (χ2n) is 12.6. The molecular formula is C41H37N9O2. The summed E-state index contributed by atoms with van der Waals surface area (Å²) in [7, 11) is 5.15. The summed E-state index contributed by atoms with van der Waals surface area (Å²) >= 11 is 0. The second-order valence-corrected chi connectivity index (χ2v) is 12.6. The maximum absolute atomic E-state index is 5.68. The second kappa shape index (κ2) is 13.9. The first-order valence-electron chi connectivity index (χ1n) is 17.0. The minimum absolute atomic E-state index is 0.0744. The first kappa shape index (κ1) is 32.6. The van der Waals surface area contributed by atoms with Crippen molar-refractivity contribution in [1.82, 2.24) is 39.7 Å². The molecule has 1 aliphatic rings. The van der Waals surface area contributed by atoms with Gasteiger partial charge in [0.25, 0.3) is 0 Å². The number of allylic oxidation sites excluding steroid dienone is 4. The van der Waals surface area contributed by atoms with Crippen LogP contribution in [0.1, 0.15) is 23.2 Å². The molecule has 3 aromatic carbocycles. The van der Waals surface area contributed by atoms with E-state index in [1.54, 1.807) is 31.3 Å². The van der Waals surface area contributed by atoms with Crippen molar-refractivity contribution < 1.29 is 9.47 Å². The Bertz CT molecular complexity index is 2320. The molecule has 11 heteroatoms. The molecule has 8 rings (SSSR count). The smallest absolute Gasteiger partial charge is 0.180 e. The number of hydrogen-bond acceptors (Lipinski definition) is 9. The van der Waals surface area contributed by atoms with Crippen molar-refractivity contribution in [3.63, 3.8) is 0 Å². The molecule has 0 bridgehead atoms. The average molecular weight is 688 g/mol. The standard InChI is InChI=1S/C41H37N9O2/c1-48-26-29(24-43-48)38-25-42-37-19-20-39(45-40(37)44-38)49(34-21-35(51-2)23-36(22-34)52-3)27-33-28-50(47-46-33)41(30-13-7-4-8-14-30,31-15-9-5-10-16-31)32-17-11-6-12-18-32/h4-17,19-26,28,32H,18,27H2,1-3H3. The predicted molar refractivity (Wildman–Crippen MR) is 200 cm³/mol. The summed E-state index contributed by atoms with van der Waals surface area (Å²) < 4.78 is 15.1. The molecule has 52 heavy (non-hydrogen) atoms. The molecule has 0 saturated heterocycles. The van der Waals surface area contributed by atoms with Gasteiger partial charge in [-0.05, 0) is 29.7 Å². The third kappa shape index (κ3) is 6.06. The summed E-state index contributed by atoms with van der Waals surface area (Å²) in [5, 5.41) is 14.0. The number of benzene rings is 3. The summed E-state index contributed by atoms with van der Waals surface area (Å²) in [5.41, 5.74) is 5.84. The molecule has 0 fully saturated rings. The van der Waals surface area contributed by atoms with Crippen LogP contribution in [-0.4, -0.2) is 53.9 Å². The first-order chi connectivity index (χ1) is 25.5. The maximum atomic E-state index is 5.68. The largest absolute Gasteiger partial charge is 0.497 e. The fourth-order valence-electron chi connectivity index (χ4n) is 6.99. The molecule has 0 N–H and O–H groups in total. The minimum atomic E-state index is -0.668. The van der Waals surface area contributed by atoms with E-state index in [0.717, 1.165) is 34.5 Å². The van der Waals surface area contributed by atoms with E-state index in [2.05, 4.69) is 94.0 Å². The molecular weight excluding hydrogens is 651 g/mol. The minimum Gasteiger partial charge on any atom is -0.497 e. The summed E-state index contributed by atoms with van der Waals surface area (Å²) in [6, 6.07) is 30.7. The monoisotopic (exact) mass is 687 g/mol. The number of rotatable bonds is 11. The number of anilines is 2. The zero-order valence-corrected chi connectivity index (χ0v) is 29.1. The lowest BCUT2D eigenvalue weighted by Crippen LogP contribution is -2.43. The Morgan fingerprint density at radius 3 is 2.19 bits per heavy atom. The lowest BCUT2D eigenvalue weighted by atomic mass is 9.70. The van der Waals surface area contributed by atoms with Gasteiger partial charge in [-0.15, -0.1) is 5.10 Å². The Morgan fingerprint density at radius 2 is 1.56 bits per heavy atom. The van der Waals surface area contributed by atoms with Gasteiger partial charge in [0.15, 0.2) is 5.65 Å². The van der Waals surface area contributed by atoms with Gasteiger partial charge in [-0.3, -0.25) is 9.67 Å². The average Bonchev–Trinajstić information content (AvgIpc) is 3.87. The zero-order chi connectivity index (χ0) is 35.5. The molecule has 1 atom stereocenters.